The molecule has 1 aromatic heterocycles. The predicted octanol–water partition coefficient (Wildman–Crippen LogP) is -0.472. The zero-order chi connectivity index (χ0) is 8.48. The molecule has 2 N–H and O–H groups in total. The van der Waals surface area contributed by atoms with Gasteiger partial charge in [-0.3, -0.25) is 9.65 Å². The minimum absolute atomic E-state index is 0.201. The summed E-state index contributed by atoms with van der Waals surface area (Å²) in [6.45, 7) is 0. The standard InChI is InChI=1S/C4H3N3O3S/c5-1-3-2-6-7-4(3)11(8,9)10/h2H,(H,6,7)(H,8,9,10). The minimum atomic E-state index is -4.34. The highest BCUT2D eigenvalue weighted by atomic mass is 32.2. The number of rotatable bonds is 1. The molecular formula is C4H3N3O3S. The maximum atomic E-state index is 10.4. The normalized spacial score (nSPS) is 10.9. The second kappa shape index (κ2) is 2.34. The third-order valence-corrected chi connectivity index (χ3v) is 1.81. The Kier molecular flexibility index (Phi) is 1.64. The van der Waals surface area contributed by atoms with Gasteiger partial charge in [0.25, 0.3) is 0 Å². The molecule has 0 aliphatic rings. The fraction of sp³-hybridized carbons (Fsp3) is 0. The van der Waals surface area contributed by atoms with Crippen LogP contribution in [0.1, 0.15) is 5.56 Å². The van der Waals surface area contributed by atoms with Gasteiger partial charge in [-0.05, 0) is 0 Å². The van der Waals surface area contributed by atoms with Gasteiger partial charge in [-0.1, -0.05) is 0 Å². The molecule has 0 saturated heterocycles. The molecule has 0 bridgehead atoms. The first kappa shape index (κ1) is 7.71. The summed E-state index contributed by atoms with van der Waals surface area (Å²) >= 11 is 0. The molecule has 7 heteroatoms. The van der Waals surface area contributed by atoms with Crippen LogP contribution < -0.4 is 0 Å². The second-order valence-electron chi connectivity index (χ2n) is 1.70. The number of aromatic nitrogens is 2. The molecule has 0 aliphatic carbocycles. The van der Waals surface area contributed by atoms with E-state index >= 15 is 0 Å². The highest BCUT2D eigenvalue weighted by Gasteiger charge is 2.16. The van der Waals surface area contributed by atoms with Crippen LogP contribution in [-0.2, 0) is 10.1 Å². The maximum absolute atomic E-state index is 10.4. The lowest BCUT2D eigenvalue weighted by Gasteiger charge is -1.88. The highest BCUT2D eigenvalue weighted by molar-refractivity contribution is 7.85. The van der Waals surface area contributed by atoms with E-state index in [1.54, 1.807) is 6.07 Å². The van der Waals surface area contributed by atoms with E-state index in [1.165, 1.54) is 0 Å². The Morgan fingerprint density at radius 2 is 2.36 bits per heavy atom. The number of nitrogens with one attached hydrogen (secondary N) is 1. The lowest BCUT2D eigenvalue weighted by Crippen LogP contribution is -2.00. The average Bonchev–Trinajstić information content (AvgIpc) is 2.31. The van der Waals surface area contributed by atoms with Gasteiger partial charge in [0.05, 0.1) is 6.20 Å². The summed E-state index contributed by atoms with van der Waals surface area (Å²) in [5, 5.41) is 13.0. The molecule has 6 nitrogen and oxygen atoms in total. The van der Waals surface area contributed by atoms with E-state index in [0.717, 1.165) is 6.20 Å². The van der Waals surface area contributed by atoms with E-state index < -0.39 is 15.1 Å². The van der Waals surface area contributed by atoms with Gasteiger partial charge in [0, 0.05) is 0 Å². The lowest BCUT2D eigenvalue weighted by molar-refractivity contribution is 0.478. The van der Waals surface area contributed by atoms with Gasteiger partial charge in [-0.2, -0.15) is 18.8 Å². The number of nitrogens with zero attached hydrogens (tertiary/aromatic N) is 2. The number of H-pyrrole nitrogens is 1. The number of nitriles is 1. The van der Waals surface area contributed by atoms with Gasteiger partial charge in [0.2, 0.25) is 0 Å². The Balaban J connectivity index is 3.39. The van der Waals surface area contributed by atoms with E-state index in [0.29, 0.717) is 0 Å². The number of aromatic amines is 1. The van der Waals surface area contributed by atoms with Crippen LogP contribution in [-0.4, -0.2) is 23.2 Å². The third kappa shape index (κ3) is 1.36. The molecule has 0 radical (unpaired) electrons. The van der Waals surface area contributed by atoms with Crippen LogP contribution in [0.2, 0.25) is 0 Å². The van der Waals surface area contributed by atoms with Crippen molar-refractivity contribution in [2.24, 2.45) is 0 Å². The quantitative estimate of drug-likeness (QED) is 0.558. The van der Waals surface area contributed by atoms with Gasteiger partial charge in [0.15, 0.2) is 5.03 Å². The number of hydrogen-bond acceptors (Lipinski definition) is 4. The Hall–Kier alpha value is -1.39. The van der Waals surface area contributed by atoms with Crippen LogP contribution in [0.5, 0.6) is 0 Å². The van der Waals surface area contributed by atoms with Crippen molar-refractivity contribution in [2.45, 2.75) is 5.03 Å². The first-order valence-electron chi connectivity index (χ1n) is 2.46. The molecule has 0 unspecified atom stereocenters. The Bertz CT molecular complexity index is 398. The summed E-state index contributed by atoms with van der Waals surface area (Å²) in [6, 6.07) is 1.55. The average molecular weight is 173 g/mol. The summed E-state index contributed by atoms with van der Waals surface area (Å²) in [5.41, 5.74) is -0.201. The topological polar surface area (TPSA) is 107 Å². The summed E-state index contributed by atoms with van der Waals surface area (Å²) in [6.07, 6.45) is 1.02. The van der Waals surface area contributed by atoms with Gasteiger partial charge in [-0.25, -0.2) is 0 Å². The Morgan fingerprint density at radius 3 is 2.73 bits per heavy atom. The molecule has 0 spiro atoms. The summed E-state index contributed by atoms with van der Waals surface area (Å²) in [7, 11) is -4.34. The van der Waals surface area contributed by atoms with Crippen molar-refractivity contribution in [3.8, 4) is 6.07 Å². The Labute approximate surface area is 62.2 Å². The molecule has 1 rings (SSSR count). The van der Waals surface area contributed by atoms with Crippen LogP contribution in [0.15, 0.2) is 11.2 Å². The molecule has 11 heavy (non-hydrogen) atoms. The molecular weight excluding hydrogens is 170 g/mol. The van der Waals surface area contributed by atoms with E-state index in [9.17, 15) is 8.42 Å². The van der Waals surface area contributed by atoms with Crippen LogP contribution in [0, 0.1) is 11.3 Å². The maximum Gasteiger partial charge on any atom is 0.312 e. The fourth-order valence-corrected chi connectivity index (χ4v) is 1.09. The molecule has 58 valence electrons. The van der Waals surface area contributed by atoms with Crippen molar-refractivity contribution in [1.29, 1.82) is 5.26 Å². The summed E-state index contributed by atoms with van der Waals surface area (Å²) in [5.74, 6) is 0. The van der Waals surface area contributed by atoms with E-state index in [-0.39, 0.29) is 5.56 Å². The molecule has 0 amide bonds. The fourth-order valence-electron chi connectivity index (χ4n) is 0.551. The van der Waals surface area contributed by atoms with Crippen molar-refractivity contribution in [2.75, 3.05) is 0 Å². The molecule has 1 heterocycles. The first-order valence-corrected chi connectivity index (χ1v) is 3.90. The van der Waals surface area contributed by atoms with E-state index in [2.05, 4.69) is 5.10 Å². The zero-order valence-electron chi connectivity index (χ0n) is 5.14. The van der Waals surface area contributed by atoms with Gasteiger partial charge < -0.3 is 0 Å². The molecule has 1 aromatic rings. The van der Waals surface area contributed by atoms with Crippen molar-refractivity contribution in [3.05, 3.63) is 11.8 Å². The third-order valence-electron chi connectivity index (χ3n) is 0.983. The molecule has 0 fully saturated rings. The number of hydrogen-bond donors (Lipinski definition) is 2. The van der Waals surface area contributed by atoms with E-state index in [4.69, 9.17) is 9.81 Å². The van der Waals surface area contributed by atoms with Crippen LogP contribution in [0.25, 0.3) is 0 Å². The minimum Gasteiger partial charge on any atom is -0.281 e. The second-order valence-corrected chi connectivity index (χ2v) is 3.06. The van der Waals surface area contributed by atoms with Crippen LogP contribution in [0.4, 0.5) is 0 Å². The van der Waals surface area contributed by atoms with Crippen molar-refractivity contribution in [1.82, 2.24) is 10.2 Å². The van der Waals surface area contributed by atoms with Gasteiger partial charge in [-0.15, -0.1) is 0 Å². The van der Waals surface area contributed by atoms with Crippen LogP contribution >= 0.6 is 0 Å². The lowest BCUT2D eigenvalue weighted by atomic mass is 10.4. The smallest absolute Gasteiger partial charge is 0.281 e. The van der Waals surface area contributed by atoms with Crippen molar-refractivity contribution >= 4 is 10.1 Å². The first-order chi connectivity index (χ1) is 5.05. The molecule has 0 aliphatic heterocycles. The summed E-state index contributed by atoms with van der Waals surface area (Å²) < 4.78 is 29.3. The predicted molar refractivity (Wildman–Crippen MR) is 33.1 cm³/mol. The molecule has 0 atom stereocenters. The van der Waals surface area contributed by atoms with E-state index in [1.807, 2.05) is 5.10 Å². The van der Waals surface area contributed by atoms with Crippen molar-refractivity contribution < 1.29 is 13.0 Å². The van der Waals surface area contributed by atoms with Gasteiger partial charge >= 0.3 is 10.1 Å². The molecule has 0 saturated carbocycles. The Morgan fingerprint density at radius 1 is 1.73 bits per heavy atom. The SMILES string of the molecule is N#Cc1cn[nH]c1S(=O)(=O)O. The van der Waals surface area contributed by atoms with Crippen molar-refractivity contribution in [3.63, 3.8) is 0 Å². The van der Waals surface area contributed by atoms with Crippen LogP contribution in [0.3, 0.4) is 0 Å². The highest BCUT2D eigenvalue weighted by Crippen LogP contribution is 2.08. The monoisotopic (exact) mass is 173 g/mol. The largest absolute Gasteiger partial charge is 0.312 e. The summed E-state index contributed by atoms with van der Waals surface area (Å²) in [4.78, 5) is 0. The molecule has 0 aromatic carbocycles. The van der Waals surface area contributed by atoms with Gasteiger partial charge in [0.1, 0.15) is 11.6 Å². The zero-order valence-corrected chi connectivity index (χ0v) is 5.96.